The van der Waals surface area contributed by atoms with Gasteiger partial charge in [-0.25, -0.2) is 0 Å². The van der Waals surface area contributed by atoms with Gasteiger partial charge in [0.2, 0.25) is 5.91 Å². The van der Waals surface area contributed by atoms with Gasteiger partial charge in [0.1, 0.15) is 0 Å². The first-order valence-electron chi connectivity index (χ1n) is 7.31. The molecule has 0 aromatic rings. The highest BCUT2D eigenvalue weighted by Crippen LogP contribution is 2.30. The summed E-state index contributed by atoms with van der Waals surface area (Å²) in [6, 6.07) is 0.537. The molecule has 0 radical (unpaired) electrons. The van der Waals surface area contributed by atoms with Crippen LogP contribution < -0.4 is 5.73 Å². The zero-order valence-corrected chi connectivity index (χ0v) is 10.9. The van der Waals surface area contributed by atoms with E-state index < -0.39 is 0 Å². The maximum atomic E-state index is 12.3. The predicted octanol–water partition coefficient (Wildman–Crippen LogP) is 2.30. The molecule has 0 bridgehead atoms. The Morgan fingerprint density at radius 2 is 1.82 bits per heavy atom. The summed E-state index contributed by atoms with van der Waals surface area (Å²) in [5, 5.41) is 0. The zero-order valence-electron chi connectivity index (χ0n) is 10.9. The minimum atomic E-state index is 0.398. The summed E-state index contributed by atoms with van der Waals surface area (Å²) >= 11 is 0. The Kier molecular flexibility index (Phi) is 4.84. The van der Waals surface area contributed by atoms with Crippen LogP contribution in [-0.2, 0) is 4.79 Å². The predicted molar refractivity (Wildman–Crippen MR) is 69.6 cm³/mol. The molecule has 0 aromatic carbocycles. The first-order chi connectivity index (χ1) is 8.31. The Hall–Kier alpha value is -0.570. The van der Waals surface area contributed by atoms with Crippen molar-refractivity contribution in [3.8, 4) is 0 Å². The maximum absolute atomic E-state index is 12.3. The number of nitrogens with two attached hydrogens (primary N) is 1. The number of hydrogen-bond donors (Lipinski definition) is 1. The molecule has 0 heterocycles. The lowest BCUT2D eigenvalue weighted by Gasteiger charge is -2.38. The van der Waals surface area contributed by atoms with E-state index >= 15 is 0 Å². The normalized spacial score (nSPS) is 21.5. The van der Waals surface area contributed by atoms with Gasteiger partial charge >= 0.3 is 0 Å². The fraction of sp³-hybridized carbons (Fsp3) is 0.929. The Balaban J connectivity index is 1.82. The lowest BCUT2D eigenvalue weighted by atomic mass is 9.90. The van der Waals surface area contributed by atoms with Crippen molar-refractivity contribution in [2.24, 2.45) is 11.7 Å². The van der Waals surface area contributed by atoms with Crippen molar-refractivity contribution < 1.29 is 4.79 Å². The van der Waals surface area contributed by atoms with Crippen molar-refractivity contribution in [1.29, 1.82) is 0 Å². The summed E-state index contributed by atoms with van der Waals surface area (Å²) in [6.45, 7) is 1.58. The van der Waals surface area contributed by atoms with Gasteiger partial charge in [0.25, 0.3) is 0 Å². The molecule has 1 amide bonds. The van der Waals surface area contributed by atoms with Crippen LogP contribution in [0.25, 0.3) is 0 Å². The number of rotatable bonds is 6. The summed E-state index contributed by atoms with van der Waals surface area (Å²) < 4.78 is 0. The molecule has 0 unspecified atom stereocenters. The van der Waals surface area contributed by atoms with Crippen molar-refractivity contribution in [2.75, 3.05) is 13.1 Å². The first kappa shape index (κ1) is 12.9. The van der Waals surface area contributed by atoms with Gasteiger partial charge in [0.05, 0.1) is 0 Å². The van der Waals surface area contributed by atoms with E-state index in [0.717, 1.165) is 19.4 Å². The SMILES string of the molecule is NCCCN(C(=O)CC1CCCC1)C1CCC1. The third-order valence-corrected chi connectivity index (χ3v) is 4.38. The van der Waals surface area contributed by atoms with Gasteiger partial charge in [-0.2, -0.15) is 0 Å². The molecule has 3 heteroatoms. The Morgan fingerprint density at radius 3 is 2.35 bits per heavy atom. The topological polar surface area (TPSA) is 46.3 Å². The lowest BCUT2D eigenvalue weighted by molar-refractivity contribution is -0.136. The number of amides is 1. The highest BCUT2D eigenvalue weighted by atomic mass is 16.2. The Bertz CT molecular complexity index is 245. The fourth-order valence-corrected chi connectivity index (χ4v) is 3.05. The van der Waals surface area contributed by atoms with Gasteiger partial charge < -0.3 is 10.6 Å². The van der Waals surface area contributed by atoms with Gasteiger partial charge in [-0.1, -0.05) is 12.8 Å². The molecule has 2 fully saturated rings. The molecule has 2 N–H and O–H groups in total. The Labute approximate surface area is 105 Å². The monoisotopic (exact) mass is 238 g/mol. The summed E-state index contributed by atoms with van der Waals surface area (Å²) in [4.78, 5) is 14.5. The summed E-state index contributed by atoms with van der Waals surface area (Å²) in [6.07, 6.45) is 10.6. The highest BCUT2D eigenvalue weighted by molar-refractivity contribution is 5.77. The molecular weight excluding hydrogens is 212 g/mol. The molecule has 3 nitrogen and oxygen atoms in total. The molecule has 0 spiro atoms. The standard InChI is InChI=1S/C14H26N2O/c15-9-4-10-16(13-7-3-8-13)14(17)11-12-5-1-2-6-12/h12-13H,1-11,15H2. The van der Waals surface area contributed by atoms with Crippen LogP contribution in [0.3, 0.4) is 0 Å². The van der Waals surface area contributed by atoms with E-state index in [1.165, 1.54) is 44.9 Å². The molecule has 2 saturated carbocycles. The van der Waals surface area contributed by atoms with Gasteiger partial charge in [0, 0.05) is 19.0 Å². The van der Waals surface area contributed by atoms with Crippen LogP contribution in [0.5, 0.6) is 0 Å². The van der Waals surface area contributed by atoms with Crippen LogP contribution in [0.4, 0.5) is 0 Å². The maximum Gasteiger partial charge on any atom is 0.223 e. The highest BCUT2D eigenvalue weighted by Gasteiger charge is 2.29. The number of carbonyl (C=O) groups excluding carboxylic acids is 1. The number of carbonyl (C=O) groups is 1. The van der Waals surface area contributed by atoms with E-state index in [4.69, 9.17) is 5.73 Å². The minimum Gasteiger partial charge on any atom is -0.340 e. The zero-order chi connectivity index (χ0) is 12.1. The number of hydrogen-bond acceptors (Lipinski definition) is 2. The van der Waals surface area contributed by atoms with E-state index in [-0.39, 0.29) is 0 Å². The first-order valence-corrected chi connectivity index (χ1v) is 7.31. The van der Waals surface area contributed by atoms with Crippen molar-refractivity contribution >= 4 is 5.91 Å². The van der Waals surface area contributed by atoms with Crippen LogP contribution in [0, 0.1) is 5.92 Å². The van der Waals surface area contributed by atoms with Gasteiger partial charge in [-0.05, 0) is 51.0 Å². The van der Waals surface area contributed by atoms with Crippen LogP contribution in [0.1, 0.15) is 57.8 Å². The quantitative estimate of drug-likeness (QED) is 0.771. The average Bonchev–Trinajstić information content (AvgIpc) is 2.73. The molecule has 0 saturated heterocycles. The summed E-state index contributed by atoms with van der Waals surface area (Å²) in [7, 11) is 0. The molecule has 2 aliphatic rings. The van der Waals surface area contributed by atoms with Gasteiger partial charge in [0.15, 0.2) is 0 Å². The van der Waals surface area contributed by atoms with Crippen molar-refractivity contribution in [3.05, 3.63) is 0 Å². The lowest BCUT2D eigenvalue weighted by Crippen LogP contribution is -2.45. The molecule has 2 aliphatic carbocycles. The van der Waals surface area contributed by atoms with Crippen LogP contribution in [-0.4, -0.2) is 29.9 Å². The minimum absolute atomic E-state index is 0.398. The van der Waals surface area contributed by atoms with Crippen LogP contribution in [0.2, 0.25) is 0 Å². The second-order valence-electron chi connectivity index (χ2n) is 5.67. The van der Waals surface area contributed by atoms with E-state index in [0.29, 0.717) is 24.4 Å². The molecule has 0 aromatic heterocycles. The van der Waals surface area contributed by atoms with E-state index in [9.17, 15) is 4.79 Å². The van der Waals surface area contributed by atoms with Crippen molar-refractivity contribution in [3.63, 3.8) is 0 Å². The Morgan fingerprint density at radius 1 is 1.12 bits per heavy atom. The molecule has 0 atom stereocenters. The van der Waals surface area contributed by atoms with Crippen molar-refractivity contribution in [1.82, 2.24) is 4.90 Å². The van der Waals surface area contributed by atoms with Crippen LogP contribution >= 0.6 is 0 Å². The molecule has 17 heavy (non-hydrogen) atoms. The third kappa shape index (κ3) is 3.44. The van der Waals surface area contributed by atoms with Gasteiger partial charge in [-0.15, -0.1) is 0 Å². The van der Waals surface area contributed by atoms with Crippen molar-refractivity contribution in [2.45, 2.75) is 63.8 Å². The van der Waals surface area contributed by atoms with Crippen LogP contribution in [0.15, 0.2) is 0 Å². The third-order valence-electron chi connectivity index (χ3n) is 4.38. The van der Waals surface area contributed by atoms with E-state index in [1.54, 1.807) is 0 Å². The molecule has 98 valence electrons. The van der Waals surface area contributed by atoms with E-state index in [2.05, 4.69) is 4.90 Å². The second kappa shape index (κ2) is 6.39. The number of nitrogens with zero attached hydrogens (tertiary/aromatic N) is 1. The average molecular weight is 238 g/mol. The smallest absolute Gasteiger partial charge is 0.223 e. The molecule has 0 aliphatic heterocycles. The van der Waals surface area contributed by atoms with E-state index in [1.807, 2.05) is 0 Å². The fourth-order valence-electron chi connectivity index (χ4n) is 3.05. The summed E-state index contributed by atoms with van der Waals surface area (Å²) in [5.41, 5.74) is 5.56. The molecule has 2 rings (SSSR count). The summed E-state index contributed by atoms with van der Waals surface area (Å²) in [5.74, 6) is 1.07. The largest absolute Gasteiger partial charge is 0.340 e. The van der Waals surface area contributed by atoms with Gasteiger partial charge in [-0.3, -0.25) is 4.79 Å². The second-order valence-corrected chi connectivity index (χ2v) is 5.67. The molecular formula is C14H26N2O.